The van der Waals surface area contributed by atoms with Crippen LogP contribution < -0.4 is 21.7 Å². The highest BCUT2D eigenvalue weighted by atomic mass is 16.3. The van der Waals surface area contributed by atoms with Crippen LogP contribution in [0.3, 0.4) is 0 Å². The molecule has 0 aromatic heterocycles. The van der Waals surface area contributed by atoms with Crippen molar-refractivity contribution in [2.24, 2.45) is 63.4 Å². The maximum absolute atomic E-state index is 13.9. The first-order chi connectivity index (χ1) is 19.9. The number of carbonyl (C=O) groups is 1. The number of nitrogens with one attached hydrogen (secondary N) is 3. The van der Waals surface area contributed by atoms with Crippen LogP contribution in [0.5, 0.6) is 0 Å². The minimum absolute atomic E-state index is 0.0194. The Kier molecular flexibility index (Phi) is 11.5. The first-order valence-corrected chi connectivity index (χ1v) is 17.7. The fourth-order valence-electron chi connectivity index (χ4n) is 11.2. The third-order valence-electron chi connectivity index (χ3n) is 13.5. The minimum Gasteiger partial charge on any atom is -0.393 e. The van der Waals surface area contributed by atoms with E-state index in [4.69, 9.17) is 5.73 Å². The number of aliphatic hydroxyl groups is 2. The SMILES string of the molecule is CC(C)CCCC(C(=O)NCCNCCNCCN)[C@@H]1CC[C@@]2(C)C1C[C@@H](O)C1[C@@]3(C)CC[C@@H](O)[C@@H](C)C3CC[C@@]12C. The molecule has 42 heavy (non-hydrogen) atoms. The van der Waals surface area contributed by atoms with Crippen molar-refractivity contribution in [3.63, 3.8) is 0 Å². The molecule has 4 unspecified atom stereocenters. The lowest BCUT2D eigenvalue weighted by Gasteiger charge is -2.69. The average Bonchev–Trinajstić information content (AvgIpc) is 3.27. The molecule has 7 N–H and O–H groups in total. The van der Waals surface area contributed by atoms with Crippen molar-refractivity contribution in [3.8, 4) is 0 Å². The van der Waals surface area contributed by atoms with Gasteiger partial charge in [-0.1, -0.05) is 54.4 Å². The van der Waals surface area contributed by atoms with E-state index in [1.54, 1.807) is 0 Å². The summed E-state index contributed by atoms with van der Waals surface area (Å²) in [6.07, 6.45) is 9.87. The molecular weight excluding hydrogens is 524 g/mol. The van der Waals surface area contributed by atoms with E-state index in [2.05, 4.69) is 57.5 Å². The molecular formula is C35H66N4O3. The molecule has 7 heteroatoms. The van der Waals surface area contributed by atoms with Gasteiger partial charge in [0.25, 0.3) is 0 Å². The lowest BCUT2D eigenvalue weighted by atomic mass is 9.36. The Morgan fingerprint density at radius 3 is 2.21 bits per heavy atom. The summed E-state index contributed by atoms with van der Waals surface area (Å²) in [6, 6.07) is 0. The van der Waals surface area contributed by atoms with Crippen LogP contribution in [0.1, 0.15) is 106 Å². The number of carbonyl (C=O) groups excluding carboxylic acids is 1. The number of aliphatic hydroxyl groups excluding tert-OH is 2. The number of fused-ring (bicyclic) bond motifs is 5. The number of amides is 1. The molecule has 0 spiro atoms. The molecule has 244 valence electrons. The Balaban J connectivity index is 1.48. The van der Waals surface area contributed by atoms with E-state index in [9.17, 15) is 15.0 Å². The van der Waals surface area contributed by atoms with Crippen molar-refractivity contribution in [3.05, 3.63) is 0 Å². The zero-order valence-corrected chi connectivity index (χ0v) is 27.9. The van der Waals surface area contributed by atoms with E-state index in [1.165, 1.54) is 0 Å². The normalized spacial score (nSPS) is 42.1. The Bertz CT molecular complexity index is 886. The maximum Gasteiger partial charge on any atom is 0.223 e. The second-order valence-corrected chi connectivity index (χ2v) is 16.1. The maximum atomic E-state index is 13.9. The highest BCUT2D eigenvalue weighted by molar-refractivity contribution is 5.79. The molecule has 0 radical (unpaired) electrons. The Hall–Kier alpha value is -0.730. The first-order valence-electron chi connectivity index (χ1n) is 17.7. The summed E-state index contributed by atoms with van der Waals surface area (Å²) in [5, 5.41) is 32.8. The van der Waals surface area contributed by atoms with Gasteiger partial charge in [-0.2, -0.15) is 0 Å². The van der Waals surface area contributed by atoms with Crippen LogP contribution >= 0.6 is 0 Å². The van der Waals surface area contributed by atoms with Gasteiger partial charge < -0.3 is 31.9 Å². The van der Waals surface area contributed by atoms with Gasteiger partial charge in [0.05, 0.1) is 12.2 Å². The highest BCUT2D eigenvalue weighted by Crippen LogP contribution is 2.74. The molecule has 4 saturated carbocycles. The molecule has 4 aliphatic carbocycles. The van der Waals surface area contributed by atoms with Gasteiger partial charge >= 0.3 is 0 Å². The summed E-state index contributed by atoms with van der Waals surface area (Å²) in [4.78, 5) is 13.9. The van der Waals surface area contributed by atoms with E-state index < -0.39 is 0 Å². The fourth-order valence-corrected chi connectivity index (χ4v) is 11.2. The molecule has 0 aliphatic heterocycles. The Morgan fingerprint density at radius 2 is 1.52 bits per heavy atom. The summed E-state index contributed by atoms with van der Waals surface area (Å²) in [5.41, 5.74) is 5.79. The van der Waals surface area contributed by atoms with Gasteiger partial charge in [0.15, 0.2) is 0 Å². The smallest absolute Gasteiger partial charge is 0.223 e. The third-order valence-corrected chi connectivity index (χ3v) is 13.5. The van der Waals surface area contributed by atoms with E-state index >= 15 is 0 Å². The number of hydrogen-bond donors (Lipinski definition) is 6. The van der Waals surface area contributed by atoms with Crippen LogP contribution in [0.4, 0.5) is 0 Å². The number of hydrogen-bond acceptors (Lipinski definition) is 6. The molecule has 0 heterocycles. The van der Waals surface area contributed by atoms with Crippen molar-refractivity contribution in [1.29, 1.82) is 0 Å². The van der Waals surface area contributed by atoms with Gasteiger partial charge in [-0.25, -0.2) is 0 Å². The topological polar surface area (TPSA) is 120 Å². The zero-order chi connectivity index (χ0) is 30.7. The molecule has 11 atom stereocenters. The Labute approximate surface area is 257 Å². The van der Waals surface area contributed by atoms with Crippen molar-refractivity contribution in [2.45, 2.75) is 118 Å². The van der Waals surface area contributed by atoms with Crippen LogP contribution in [-0.4, -0.2) is 67.6 Å². The van der Waals surface area contributed by atoms with Crippen molar-refractivity contribution in [1.82, 2.24) is 16.0 Å². The molecule has 4 fully saturated rings. The van der Waals surface area contributed by atoms with Crippen molar-refractivity contribution in [2.75, 3.05) is 39.3 Å². The molecule has 0 saturated heterocycles. The zero-order valence-electron chi connectivity index (χ0n) is 27.9. The van der Waals surface area contributed by atoms with E-state index in [-0.39, 0.29) is 46.2 Å². The minimum atomic E-state index is -0.333. The first kappa shape index (κ1) is 34.1. The largest absolute Gasteiger partial charge is 0.393 e. The second-order valence-electron chi connectivity index (χ2n) is 16.1. The summed E-state index contributed by atoms with van der Waals surface area (Å²) in [5.74, 6) is 2.64. The van der Waals surface area contributed by atoms with Crippen molar-refractivity contribution < 1.29 is 15.0 Å². The average molecular weight is 591 g/mol. The molecule has 0 bridgehead atoms. The van der Waals surface area contributed by atoms with E-state index in [0.29, 0.717) is 42.7 Å². The van der Waals surface area contributed by atoms with E-state index in [1.807, 2.05) is 0 Å². The summed E-state index contributed by atoms with van der Waals surface area (Å²) in [7, 11) is 0. The van der Waals surface area contributed by atoms with Gasteiger partial charge in [-0.05, 0) is 103 Å². The summed E-state index contributed by atoms with van der Waals surface area (Å²) >= 11 is 0. The van der Waals surface area contributed by atoms with Crippen LogP contribution in [0.15, 0.2) is 0 Å². The Morgan fingerprint density at radius 1 is 0.857 bits per heavy atom. The predicted octanol–water partition coefficient (Wildman–Crippen LogP) is 4.31. The fraction of sp³-hybridized carbons (Fsp3) is 0.971. The molecule has 7 nitrogen and oxygen atoms in total. The lowest BCUT2D eigenvalue weighted by molar-refractivity contribution is -0.239. The summed E-state index contributed by atoms with van der Waals surface area (Å²) in [6.45, 7) is 18.9. The van der Waals surface area contributed by atoms with Gasteiger partial charge in [0, 0.05) is 45.2 Å². The predicted molar refractivity (Wildman–Crippen MR) is 172 cm³/mol. The third kappa shape index (κ3) is 6.47. The standard InChI is InChI=1S/C35H66N4O3/c1-23(2)8-7-9-26(32(42)39-21-20-38-19-18-37-17-16-36)25-10-14-34(5)28(25)22-30(41)31-33(4)13-12-29(40)24(3)27(33)11-15-35(31,34)6/h23-31,37-38,40-41H,7-22,36H2,1-6H3,(H,39,42)/t24-,25-,26?,27?,28?,29+,30+,31?,33-,34-,35-/m0/s1. The number of rotatable bonds is 14. The van der Waals surface area contributed by atoms with Gasteiger partial charge in [0.2, 0.25) is 5.91 Å². The van der Waals surface area contributed by atoms with Gasteiger partial charge in [0.1, 0.15) is 0 Å². The van der Waals surface area contributed by atoms with Crippen LogP contribution in [0.25, 0.3) is 0 Å². The number of nitrogens with two attached hydrogens (primary N) is 1. The van der Waals surface area contributed by atoms with Crippen LogP contribution in [-0.2, 0) is 4.79 Å². The summed E-state index contributed by atoms with van der Waals surface area (Å²) < 4.78 is 0. The molecule has 4 aliphatic rings. The quantitative estimate of drug-likeness (QED) is 0.168. The highest BCUT2D eigenvalue weighted by Gasteiger charge is 2.70. The molecule has 0 aromatic carbocycles. The monoisotopic (exact) mass is 591 g/mol. The van der Waals surface area contributed by atoms with Crippen LogP contribution in [0, 0.1) is 57.7 Å². The lowest BCUT2D eigenvalue weighted by Crippen LogP contribution is -2.66. The van der Waals surface area contributed by atoms with Gasteiger partial charge in [-0.3, -0.25) is 4.79 Å². The molecule has 1 amide bonds. The van der Waals surface area contributed by atoms with Gasteiger partial charge in [-0.15, -0.1) is 0 Å². The van der Waals surface area contributed by atoms with Crippen molar-refractivity contribution >= 4 is 5.91 Å². The second kappa shape index (κ2) is 14.1. The van der Waals surface area contributed by atoms with Crippen LogP contribution in [0.2, 0.25) is 0 Å². The molecule has 4 rings (SSSR count). The van der Waals surface area contributed by atoms with E-state index in [0.717, 1.165) is 90.4 Å². The molecule has 0 aromatic rings.